The van der Waals surface area contributed by atoms with Gasteiger partial charge in [-0.15, -0.1) is 0 Å². The van der Waals surface area contributed by atoms with Crippen LogP contribution < -0.4 is 5.32 Å². The lowest BCUT2D eigenvalue weighted by atomic mass is 9.98. The van der Waals surface area contributed by atoms with Crippen LogP contribution in [0, 0.1) is 0 Å². The van der Waals surface area contributed by atoms with E-state index in [0.717, 1.165) is 12.8 Å². The monoisotopic (exact) mass is 599 g/mol. The number of hydrogen-bond donors (Lipinski definition) is 1. The van der Waals surface area contributed by atoms with Gasteiger partial charge >= 0.3 is 12.1 Å². The van der Waals surface area contributed by atoms with Crippen molar-refractivity contribution >= 4 is 12.1 Å². The van der Waals surface area contributed by atoms with Gasteiger partial charge in [-0.1, -0.05) is 87.6 Å². The standard InChI is InChI=1S/C34H49NO8/c1-2-3-4-5-6-7-16-33(36)42-26-25-41-24-23-40-22-21-39-20-19-38-18-17-35-34(37)43-27-32-30-14-10-8-12-28(30)29-13-9-11-15-31(29)32/h8-15,32H,2-7,16-27H2,1H3,(H,35,37). The zero-order chi connectivity index (χ0) is 30.4. The summed E-state index contributed by atoms with van der Waals surface area (Å²) in [7, 11) is 0. The summed E-state index contributed by atoms with van der Waals surface area (Å²) in [6, 6.07) is 16.5. The molecule has 1 aliphatic carbocycles. The molecule has 2 aromatic carbocycles. The Morgan fingerprint density at radius 2 is 1.14 bits per heavy atom. The second-order valence-electron chi connectivity index (χ2n) is 10.4. The molecular formula is C34H49NO8. The van der Waals surface area contributed by atoms with Gasteiger partial charge in [-0.3, -0.25) is 4.79 Å². The average molecular weight is 600 g/mol. The molecule has 0 unspecified atom stereocenters. The lowest BCUT2D eigenvalue weighted by Crippen LogP contribution is -2.29. The highest BCUT2D eigenvalue weighted by Gasteiger charge is 2.28. The zero-order valence-corrected chi connectivity index (χ0v) is 25.7. The maximum Gasteiger partial charge on any atom is 0.407 e. The fourth-order valence-corrected chi connectivity index (χ4v) is 4.97. The van der Waals surface area contributed by atoms with Gasteiger partial charge in [0, 0.05) is 18.9 Å². The van der Waals surface area contributed by atoms with Crippen molar-refractivity contribution in [2.45, 2.75) is 57.8 Å². The topological polar surface area (TPSA) is 102 Å². The number of fused-ring (bicyclic) bond motifs is 3. The van der Waals surface area contributed by atoms with Gasteiger partial charge < -0.3 is 33.7 Å². The number of esters is 1. The molecule has 0 spiro atoms. The van der Waals surface area contributed by atoms with E-state index in [1.54, 1.807) is 0 Å². The molecule has 2 aromatic rings. The van der Waals surface area contributed by atoms with E-state index in [0.29, 0.717) is 65.8 Å². The van der Waals surface area contributed by atoms with E-state index in [-0.39, 0.29) is 25.1 Å². The van der Waals surface area contributed by atoms with Crippen molar-refractivity contribution in [3.63, 3.8) is 0 Å². The molecule has 9 heteroatoms. The number of amides is 1. The number of ether oxygens (including phenoxy) is 6. The van der Waals surface area contributed by atoms with Crippen LogP contribution in [0.15, 0.2) is 48.5 Å². The van der Waals surface area contributed by atoms with E-state index < -0.39 is 6.09 Å². The number of nitrogens with one attached hydrogen (secondary N) is 1. The van der Waals surface area contributed by atoms with Gasteiger partial charge in [-0.05, 0) is 28.7 Å². The van der Waals surface area contributed by atoms with Crippen LogP contribution in [0.2, 0.25) is 0 Å². The van der Waals surface area contributed by atoms with Gasteiger partial charge in [0.15, 0.2) is 0 Å². The minimum Gasteiger partial charge on any atom is -0.463 e. The van der Waals surface area contributed by atoms with Crippen LogP contribution in [0.25, 0.3) is 11.1 Å². The second-order valence-corrected chi connectivity index (χ2v) is 10.4. The Labute approximate surface area is 256 Å². The summed E-state index contributed by atoms with van der Waals surface area (Å²) in [6.07, 6.45) is 6.94. The SMILES string of the molecule is CCCCCCCCC(=O)OCCOCCOCCOCCOCCNC(=O)OCC1c2ccccc2-c2ccccc21. The highest BCUT2D eigenvalue weighted by Crippen LogP contribution is 2.44. The fraction of sp³-hybridized carbons (Fsp3) is 0.588. The number of benzene rings is 2. The molecule has 43 heavy (non-hydrogen) atoms. The van der Waals surface area contributed by atoms with Gasteiger partial charge in [0.1, 0.15) is 13.2 Å². The third kappa shape index (κ3) is 13.5. The number of hydrogen-bond acceptors (Lipinski definition) is 8. The molecule has 0 aliphatic heterocycles. The molecular weight excluding hydrogens is 550 g/mol. The van der Waals surface area contributed by atoms with E-state index in [4.69, 9.17) is 28.4 Å². The third-order valence-corrected chi connectivity index (χ3v) is 7.20. The zero-order valence-electron chi connectivity index (χ0n) is 25.7. The Hall–Kier alpha value is -2.98. The number of unbranched alkanes of at least 4 members (excludes halogenated alkanes) is 5. The third-order valence-electron chi connectivity index (χ3n) is 7.20. The summed E-state index contributed by atoms with van der Waals surface area (Å²) in [5.41, 5.74) is 4.78. The summed E-state index contributed by atoms with van der Waals surface area (Å²) in [6.45, 7) is 6.53. The highest BCUT2D eigenvalue weighted by atomic mass is 16.6. The molecule has 0 saturated heterocycles. The first-order valence-corrected chi connectivity index (χ1v) is 15.8. The maximum absolute atomic E-state index is 12.2. The van der Waals surface area contributed by atoms with Crippen LogP contribution in [0.3, 0.4) is 0 Å². The number of carbonyl (C=O) groups excluding carboxylic acids is 2. The first kappa shape index (κ1) is 34.5. The van der Waals surface area contributed by atoms with Crippen molar-refractivity contribution in [3.8, 4) is 11.1 Å². The van der Waals surface area contributed by atoms with Gasteiger partial charge in [0.2, 0.25) is 0 Å². The molecule has 0 aromatic heterocycles. The van der Waals surface area contributed by atoms with E-state index in [9.17, 15) is 9.59 Å². The van der Waals surface area contributed by atoms with Crippen molar-refractivity contribution in [2.75, 3.05) is 72.6 Å². The highest BCUT2D eigenvalue weighted by molar-refractivity contribution is 5.79. The summed E-state index contributed by atoms with van der Waals surface area (Å²) < 4.78 is 32.6. The van der Waals surface area contributed by atoms with Crippen LogP contribution in [0.1, 0.15) is 68.9 Å². The quantitative estimate of drug-likeness (QED) is 0.118. The van der Waals surface area contributed by atoms with Crippen molar-refractivity contribution in [1.82, 2.24) is 5.32 Å². The summed E-state index contributed by atoms with van der Waals surface area (Å²) in [4.78, 5) is 23.9. The molecule has 1 aliphatic rings. The second kappa shape index (κ2) is 21.7. The maximum atomic E-state index is 12.2. The largest absolute Gasteiger partial charge is 0.463 e. The van der Waals surface area contributed by atoms with Crippen molar-refractivity contribution in [2.24, 2.45) is 0 Å². The Morgan fingerprint density at radius 1 is 0.628 bits per heavy atom. The smallest absolute Gasteiger partial charge is 0.407 e. The molecule has 0 saturated carbocycles. The van der Waals surface area contributed by atoms with Crippen LogP contribution in [0.5, 0.6) is 0 Å². The van der Waals surface area contributed by atoms with Crippen LogP contribution >= 0.6 is 0 Å². The van der Waals surface area contributed by atoms with Gasteiger partial charge in [-0.25, -0.2) is 4.79 Å². The number of carbonyl (C=O) groups is 2. The predicted octanol–water partition coefficient (Wildman–Crippen LogP) is 5.89. The molecule has 0 fully saturated rings. The van der Waals surface area contributed by atoms with Crippen LogP contribution in [-0.2, 0) is 33.2 Å². The van der Waals surface area contributed by atoms with Gasteiger partial charge in [-0.2, -0.15) is 0 Å². The fourth-order valence-electron chi connectivity index (χ4n) is 4.97. The molecule has 0 atom stereocenters. The Bertz CT molecular complexity index is 1020. The van der Waals surface area contributed by atoms with E-state index in [2.05, 4.69) is 36.5 Å². The molecule has 0 heterocycles. The van der Waals surface area contributed by atoms with Crippen LogP contribution in [-0.4, -0.2) is 84.7 Å². The van der Waals surface area contributed by atoms with Crippen molar-refractivity contribution in [1.29, 1.82) is 0 Å². The molecule has 0 radical (unpaired) electrons. The molecule has 1 amide bonds. The van der Waals surface area contributed by atoms with E-state index in [1.807, 2.05) is 24.3 Å². The van der Waals surface area contributed by atoms with E-state index >= 15 is 0 Å². The Kier molecular flexibility index (Phi) is 17.4. The van der Waals surface area contributed by atoms with Gasteiger partial charge in [0.05, 0.1) is 52.9 Å². The first-order chi connectivity index (χ1) is 21.2. The summed E-state index contributed by atoms with van der Waals surface area (Å²) in [5, 5.41) is 2.74. The lowest BCUT2D eigenvalue weighted by Gasteiger charge is -2.14. The number of alkyl carbamates (subject to hydrolysis) is 1. The molecule has 1 N–H and O–H groups in total. The molecule has 238 valence electrons. The average Bonchev–Trinajstić information content (AvgIpc) is 3.35. The summed E-state index contributed by atoms with van der Waals surface area (Å²) in [5.74, 6) is -0.109. The number of rotatable bonds is 24. The predicted molar refractivity (Wildman–Crippen MR) is 165 cm³/mol. The van der Waals surface area contributed by atoms with Gasteiger partial charge in [0.25, 0.3) is 0 Å². The Balaban J connectivity index is 1.06. The minimum atomic E-state index is -0.452. The lowest BCUT2D eigenvalue weighted by molar-refractivity contribution is -0.145. The molecule has 0 bridgehead atoms. The Morgan fingerprint density at radius 3 is 1.74 bits per heavy atom. The van der Waals surface area contributed by atoms with Crippen LogP contribution in [0.4, 0.5) is 4.79 Å². The normalized spacial score (nSPS) is 12.1. The summed E-state index contributed by atoms with van der Waals surface area (Å²) >= 11 is 0. The van der Waals surface area contributed by atoms with Crippen molar-refractivity contribution < 1.29 is 38.0 Å². The molecule has 9 nitrogen and oxygen atoms in total. The van der Waals surface area contributed by atoms with Crippen molar-refractivity contribution in [3.05, 3.63) is 59.7 Å². The minimum absolute atomic E-state index is 0.0407. The first-order valence-electron chi connectivity index (χ1n) is 15.8. The van der Waals surface area contributed by atoms with E-state index in [1.165, 1.54) is 47.9 Å². The molecule has 3 rings (SSSR count).